The first-order valence-corrected chi connectivity index (χ1v) is 9.20. The van der Waals surface area contributed by atoms with Crippen molar-refractivity contribution in [2.75, 3.05) is 11.6 Å². The van der Waals surface area contributed by atoms with Gasteiger partial charge in [0.15, 0.2) is 4.34 Å². The number of thiazole rings is 1. The van der Waals surface area contributed by atoms with Gasteiger partial charge in [0.1, 0.15) is 0 Å². The SMILES string of the molecule is CSc1nc2ccc(NC(=O)C3(N)CCCCC3)cc2s1. The largest absolute Gasteiger partial charge is 0.324 e. The van der Waals surface area contributed by atoms with Gasteiger partial charge in [0.25, 0.3) is 0 Å². The van der Waals surface area contributed by atoms with E-state index < -0.39 is 5.54 Å². The number of aromatic nitrogens is 1. The summed E-state index contributed by atoms with van der Waals surface area (Å²) in [7, 11) is 0. The highest BCUT2D eigenvalue weighted by molar-refractivity contribution is 8.00. The molecule has 0 bridgehead atoms. The highest BCUT2D eigenvalue weighted by atomic mass is 32.2. The van der Waals surface area contributed by atoms with E-state index in [0.29, 0.717) is 0 Å². The fraction of sp³-hybridized carbons (Fsp3) is 0.467. The van der Waals surface area contributed by atoms with Gasteiger partial charge in [-0.3, -0.25) is 4.79 Å². The molecule has 1 aromatic carbocycles. The van der Waals surface area contributed by atoms with Crippen LogP contribution in [0.2, 0.25) is 0 Å². The molecule has 1 fully saturated rings. The molecule has 4 nitrogen and oxygen atoms in total. The van der Waals surface area contributed by atoms with Crippen LogP contribution in [0.4, 0.5) is 5.69 Å². The van der Waals surface area contributed by atoms with Crippen LogP contribution in [0.5, 0.6) is 0 Å². The number of anilines is 1. The van der Waals surface area contributed by atoms with E-state index in [1.165, 1.54) is 6.42 Å². The van der Waals surface area contributed by atoms with Gasteiger partial charge >= 0.3 is 0 Å². The third-order valence-corrected chi connectivity index (χ3v) is 6.00. The van der Waals surface area contributed by atoms with Gasteiger partial charge in [-0.05, 0) is 37.3 Å². The number of fused-ring (bicyclic) bond motifs is 1. The van der Waals surface area contributed by atoms with E-state index in [1.54, 1.807) is 23.1 Å². The second-order valence-corrected chi connectivity index (χ2v) is 7.62. The quantitative estimate of drug-likeness (QED) is 0.847. The van der Waals surface area contributed by atoms with Crippen molar-refractivity contribution in [2.24, 2.45) is 5.73 Å². The summed E-state index contributed by atoms with van der Waals surface area (Å²) in [6.07, 6.45) is 6.82. The third-order valence-electron chi connectivity index (χ3n) is 4.00. The zero-order chi connectivity index (χ0) is 14.9. The molecular formula is C15H19N3OS2. The van der Waals surface area contributed by atoms with E-state index in [2.05, 4.69) is 10.3 Å². The average molecular weight is 321 g/mol. The molecule has 0 radical (unpaired) electrons. The van der Waals surface area contributed by atoms with Crippen LogP contribution in [0.25, 0.3) is 10.2 Å². The van der Waals surface area contributed by atoms with Crippen molar-refractivity contribution in [3.8, 4) is 0 Å². The molecule has 1 heterocycles. The van der Waals surface area contributed by atoms with Crippen LogP contribution in [-0.2, 0) is 4.79 Å². The van der Waals surface area contributed by atoms with E-state index >= 15 is 0 Å². The molecule has 1 saturated carbocycles. The molecular weight excluding hydrogens is 302 g/mol. The van der Waals surface area contributed by atoms with E-state index in [-0.39, 0.29) is 5.91 Å². The number of carbonyl (C=O) groups is 1. The van der Waals surface area contributed by atoms with Crippen molar-refractivity contribution >= 4 is 44.9 Å². The minimum Gasteiger partial charge on any atom is -0.324 e. The van der Waals surface area contributed by atoms with Gasteiger partial charge in [0.2, 0.25) is 5.91 Å². The number of hydrogen-bond acceptors (Lipinski definition) is 5. The van der Waals surface area contributed by atoms with Gasteiger partial charge in [0, 0.05) is 5.69 Å². The smallest absolute Gasteiger partial charge is 0.244 e. The number of benzene rings is 1. The highest BCUT2D eigenvalue weighted by Gasteiger charge is 2.35. The molecule has 1 amide bonds. The molecule has 0 atom stereocenters. The van der Waals surface area contributed by atoms with Gasteiger partial charge in [-0.1, -0.05) is 31.0 Å². The molecule has 6 heteroatoms. The Bertz CT molecular complexity index is 662. The van der Waals surface area contributed by atoms with Crippen LogP contribution < -0.4 is 11.1 Å². The lowest BCUT2D eigenvalue weighted by Gasteiger charge is -2.31. The molecule has 112 valence electrons. The van der Waals surface area contributed by atoms with Crippen molar-refractivity contribution in [1.82, 2.24) is 4.98 Å². The van der Waals surface area contributed by atoms with Gasteiger partial charge in [0.05, 0.1) is 15.8 Å². The highest BCUT2D eigenvalue weighted by Crippen LogP contribution is 2.31. The summed E-state index contributed by atoms with van der Waals surface area (Å²) in [5.41, 5.74) is 7.34. The summed E-state index contributed by atoms with van der Waals surface area (Å²) in [6.45, 7) is 0. The minimum absolute atomic E-state index is 0.0591. The van der Waals surface area contributed by atoms with Crippen LogP contribution in [0.15, 0.2) is 22.5 Å². The molecule has 0 unspecified atom stereocenters. The molecule has 21 heavy (non-hydrogen) atoms. The Labute approximate surface area is 132 Å². The second kappa shape index (κ2) is 5.94. The Balaban J connectivity index is 1.79. The normalized spacial score (nSPS) is 17.8. The fourth-order valence-electron chi connectivity index (χ4n) is 2.73. The number of rotatable bonds is 3. The Morgan fingerprint density at radius 3 is 2.86 bits per heavy atom. The maximum absolute atomic E-state index is 12.4. The number of nitrogens with two attached hydrogens (primary N) is 1. The molecule has 2 aromatic rings. The molecule has 0 spiro atoms. The fourth-order valence-corrected chi connectivity index (χ4v) is 4.26. The zero-order valence-corrected chi connectivity index (χ0v) is 13.6. The van der Waals surface area contributed by atoms with Crippen LogP contribution in [-0.4, -0.2) is 22.7 Å². The van der Waals surface area contributed by atoms with Gasteiger partial charge in [-0.25, -0.2) is 4.98 Å². The van der Waals surface area contributed by atoms with E-state index in [0.717, 1.165) is 45.9 Å². The summed E-state index contributed by atoms with van der Waals surface area (Å²) in [5.74, 6) is -0.0591. The van der Waals surface area contributed by atoms with Gasteiger partial charge in [-0.15, -0.1) is 11.3 Å². The topological polar surface area (TPSA) is 68.0 Å². The van der Waals surface area contributed by atoms with E-state index in [9.17, 15) is 4.79 Å². The summed E-state index contributed by atoms with van der Waals surface area (Å²) in [5, 5.41) is 2.98. The minimum atomic E-state index is -0.703. The third kappa shape index (κ3) is 3.07. The summed E-state index contributed by atoms with van der Waals surface area (Å²) >= 11 is 3.28. The second-order valence-electron chi connectivity index (χ2n) is 5.54. The molecule has 0 saturated heterocycles. The summed E-state index contributed by atoms with van der Waals surface area (Å²) < 4.78 is 2.13. The van der Waals surface area contributed by atoms with Crippen molar-refractivity contribution in [2.45, 2.75) is 42.0 Å². The van der Waals surface area contributed by atoms with Crippen molar-refractivity contribution in [3.05, 3.63) is 18.2 Å². The maximum Gasteiger partial charge on any atom is 0.244 e. The molecule has 1 aliphatic rings. The average Bonchev–Trinajstić information content (AvgIpc) is 2.90. The van der Waals surface area contributed by atoms with E-state index in [1.807, 2.05) is 24.5 Å². The standard InChI is InChI=1S/C15H19N3OS2/c1-20-14-18-11-6-5-10(9-12(11)21-14)17-13(19)15(16)7-3-2-4-8-15/h5-6,9H,2-4,7-8,16H2,1H3,(H,17,19). The summed E-state index contributed by atoms with van der Waals surface area (Å²) in [6, 6.07) is 5.83. The van der Waals surface area contributed by atoms with Crippen molar-refractivity contribution in [1.29, 1.82) is 0 Å². The van der Waals surface area contributed by atoms with Crippen LogP contribution in [0, 0.1) is 0 Å². The van der Waals surface area contributed by atoms with Crippen LogP contribution in [0.3, 0.4) is 0 Å². The van der Waals surface area contributed by atoms with Crippen molar-refractivity contribution < 1.29 is 4.79 Å². The first-order chi connectivity index (χ1) is 10.1. The lowest BCUT2D eigenvalue weighted by atomic mass is 9.82. The number of carbonyl (C=O) groups excluding carboxylic acids is 1. The Hall–Kier alpha value is -1.11. The lowest BCUT2D eigenvalue weighted by Crippen LogP contribution is -2.52. The molecule has 1 aliphatic carbocycles. The monoisotopic (exact) mass is 321 g/mol. The number of amides is 1. The number of thioether (sulfide) groups is 1. The Morgan fingerprint density at radius 2 is 2.14 bits per heavy atom. The van der Waals surface area contributed by atoms with Crippen LogP contribution >= 0.6 is 23.1 Å². The van der Waals surface area contributed by atoms with Gasteiger partial charge < -0.3 is 11.1 Å². The number of nitrogens with one attached hydrogen (secondary N) is 1. The number of nitrogens with zero attached hydrogens (tertiary/aromatic N) is 1. The molecule has 0 aliphatic heterocycles. The first kappa shape index (κ1) is 14.8. The first-order valence-electron chi connectivity index (χ1n) is 7.16. The summed E-state index contributed by atoms with van der Waals surface area (Å²) in [4.78, 5) is 16.9. The predicted molar refractivity (Wildman–Crippen MR) is 90.0 cm³/mol. The maximum atomic E-state index is 12.4. The van der Waals surface area contributed by atoms with Crippen LogP contribution in [0.1, 0.15) is 32.1 Å². The molecule has 1 aromatic heterocycles. The number of hydrogen-bond donors (Lipinski definition) is 2. The lowest BCUT2D eigenvalue weighted by molar-refractivity contribution is -0.122. The molecule has 3 rings (SSSR count). The molecule has 3 N–H and O–H groups in total. The Kier molecular flexibility index (Phi) is 4.19. The van der Waals surface area contributed by atoms with E-state index in [4.69, 9.17) is 5.73 Å². The predicted octanol–water partition coefficient (Wildman–Crippen LogP) is 3.62. The van der Waals surface area contributed by atoms with Gasteiger partial charge in [-0.2, -0.15) is 0 Å². The van der Waals surface area contributed by atoms with Crippen molar-refractivity contribution in [3.63, 3.8) is 0 Å². The Morgan fingerprint density at radius 1 is 1.38 bits per heavy atom. The zero-order valence-electron chi connectivity index (χ0n) is 12.0.